The van der Waals surface area contributed by atoms with Gasteiger partial charge in [0.05, 0.1) is 6.61 Å². The monoisotopic (exact) mass is 260 g/mol. The lowest BCUT2D eigenvalue weighted by Crippen LogP contribution is -2.45. The first-order valence-electron chi connectivity index (χ1n) is 6.37. The molecule has 1 aromatic carbocycles. The van der Waals surface area contributed by atoms with E-state index in [1.54, 1.807) is 13.2 Å². The van der Waals surface area contributed by atoms with Gasteiger partial charge in [-0.25, -0.2) is 0 Å². The summed E-state index contributed by atoms with van der Waals surface area (Å²) in [7, 11) is 1.64. The molecule has 0 amide bonds. The molecule has 2 aliphatic heterocycles. The SMILES string of the molecule is COC1CC2(C=Cc3cc(C=O)ccc3O2)CCO1. The van der Waals surface area contributed by atoms with Crippen LogP contribution in [0, 0.1) is 0 Å². The summed E-state index contributed by atoms with van der Waals surface area (Å²) in [4.78, 5) is 10.8. The van der Waals surface area contributed by atoms with Gasteiger partial charge < -0.3 is 14.2 Å². The normalized spacial score (nSPS) is 28.8. The molecule has 1 saturated heterocycles. The van der Waals surface area contributed by atoms with Crippen molar-refractivity contribution in [2.24, 2.45) is 0 Å². The fraction of sp³-hybridized carbons (Fsp3) is 0.400. The van der Waals surface area contributed by atoms with Crippen molar-refractivity contribution in [3.8, 4) is 5.75 Å². The Morgan fingerprint density at radius 2 is 2.37 bits per heavy atom. The Balaban J connectivity index is 1.88. The largest absolute Gasteiger partial charge is 0.482 e. The Bertz CT molecular complexity index is 523. The van der Waals surface area contributed by atoms with Crippen molar-refractivity contribution in [3.63, 3.8) is 0 Å². The summed E-state index contributed by atoms with van der Waals surface area (Å²) in [5, 5.41) is 0. The van der Waals surface area contributed by atoms with Crippen LogP contribution in [-0.4, -0.2) is 31.9 Å². The maximum Gasteiger partial charge on any atom is 0.161 e. The second-order valence-corrected chi connectivity index (χ2v) is 4.91. The molecule has 2 aliphatic rings. The third-order valence-electron chi connectivity index (χ3n) is 3.65. The second kappa shape index (κ2) is 4.79. The molecule has 0 radical (unpaired) electrons. The van der Waals surface area contributed by atoms with Crippen molar-refractivity contribution in [1.29, 1.82) is 0 Å². The molecule has 2 atom stereocenters. The van der Waals surface area contributed by atoms with Crippen LogP contribution in [0.5, 0.6) is 5.75 Å². The number of ether oxygens (including phenoxy) is 3. The molecule has 19 heavy (non-hydrogen) atoms. The van der Waals surface area contributed by atoms with Crippen LogP contribution in [0.15, 0.2) is 24.3 Å². The van der Waals surface area contributed by atoms with Gasteiger partial charge in [0.25, 0.3) is 0 Å². The van der Waals surface area contributed by atoms with Gasteiger partial charge in [0, 0.05) is 31.1 Å². The summed E-state index contributed by atoms with van der Waals surface area (Å²) in [6, 6.07) is 5.45. The topological polar surface area (TPSA) is 44.8 Å². The summed E-state index contributed by atoms with van der Waals surface area (Å²) in [5.41, 5.74) is 1.25. The average molecular weight is 260 g/mol. The number of carbonyl (C=O) groups excluding carboxylic acids is 1. The van der Waals surface area contributed by atoms with Crippen molar-refractivity contribution in [2.75, 3.05) is 13.7 Å². The predicted molar refractivity (Wildman–Crippen MR) is 70.2 cm³/mol. The molecular weight excluding hydrogens is 244 g/mol. The summed E-state index contributed by atoms with van der Waals surface area (Å²) in [6.45, 7) is 0.616. The zero-order chi connectivity index (χ0) is 13.3. The van der Waals surface area contributed by atoms with Gasteiger partial charge in [-0.3, -0.25) is 4.79 Å². The summed E-state index contributed by atoms with van der Waals surface area (Å²) < 4.78 is 16.9. The number of hydrogen-bond donors (Lipinski definition) is 0. The summed E-state index contributed by atoms with van der Waals surface area (Å²) in [5.74, 6) is 0.810. The molecule has 100 valence electrons. The van der Waals surface area contributed by atoms with Crippen LogP contribution in [0.3, 0.4) is 0 Å². The zero-order valence-corrected chi connectivity index (χ0v) is 10.8. The van der Waals surface area contributed by atoms with Crippen molar-refractivity contribution < 1.29 is 19.0 Å². The standard InChI is InChI=1S/C15H16O4/c1-17-14-9-15(6-7-18-14)5-4-12-8-11(10-16)2-3-13(12)19-15/h2-5,8,10,14H,6-7,9H2,1H3. The molecule has 0 aromatic heterocycles. The van der Waals surface area contributed by atoms with Crippen LogP contribution in [0.25, 0.3) is 6.08 Å². The minimum atomic E-state index is -0.353. The summed E-state index contributed by atoms with van der Waals surface area (Å²) >= 11 is 0. The van der Waals surface area contributed by atoms with E-state index in [4.69, 9.17) is 14.2 Å². The van der Waals surface area contributed by atoms with Crippen LogP contribution >= 0.6 is 0 Å². The highest BCUT2D eigenvalue weighted by Gasteiger charge is 2.39. The van der Waals surface area contributed by atoms with Crippen LogP contribution in [0.4, 0.5) is 0 Å². The maximum atomic E-state index is 10.8. The molecule has 1 fully saturated rings. The van der Waals surface area contributed by atoms with Gasteiger partial charge in [0.15, 0.2) is 6.29 Å². The lowest BCUT2D eigenvalue weighted by molar-refractivity contribution is -0.182. The zero-order valence-electron chi connectivity index (χ0n) is 10.8. The molecule has 4 heteroatoms. The van der Waals surface area contributed by atoms with Gasteiger partial charge in [-0.05, 0) is 24.3 Å². The predicted octanol–water partition coefficient (Wildman–Crippen LogP) is 2.43. The average Bonchev–Trinajstić information content (AvgIpc) is 2.47. The molecule has 4 nitrogen and oxygen atoms in total. The molecule has 0 saturated carbocycles. The Kier molecular flexibility index (Phi) is 3.12. The number of hydrogen-bond acceptors (Lipinski definition) is 4. The highest BCUT2D eigenvalue weighted by molar-refractivity contribution is 5.78. The Morgan fingerprint density at radius 3 is 3.16 bits per heavy atom. The number of aldehydes is 1. The van der Waals surface area contributed by atoms with Gasteiger partial charge in [0.2, 0.25) is 0 Å². The number of carbonyl (C=O) groups is 1. The van der Waals surface area contributed by atoms with Gasteiger partial charge in [0.1, 0.15) is 17.6 Å². The minimum Gasteiger partial charge on any atom is -0.482 e. The summed E-state index contributed by atoms with van der Waals surface area (Å²) in [6.07, 6.45) is 6.16. The minimum absolute atomic E-state index is 0.228. The van der Waals surface area contributed by atoms with Crippen LogP contribution < -0.4 is 4.74 Å². The van der Waals surface area contributed by atoms with Gasteiger partial charge in [-0.2, -0.15) is 0 Å². The van der Waals surface area contributed by atoms with Gasteiger partial charge >= 0.3 is 0 Å². The van der Waals surface area contributed by atoms with Gasteiger partial charge in [-0.15, -0.1) is 0 Å². The highest BCUT2D eigenvalue weighted by atomic mass is 16.7. The molecule has 0 bridgehead atoms. The van der Waals surface area contributed by atoms with E-state index in [1.165, 1.54) is 0 Å². The molecule has 3 rings (SSSR count). The Hall–Kier alpha value is -1.65. The maximum absolute atomic E-state index is 10.8. The molecular formula is C15H16O4. The van der Waals surface area contributed by atoms with E-state index >= 15 is 0 Å². The fourth-order valence-corrected chi connectivity index (χ4v) is 2.56. The van der Waals surface area contributed by atoms with Crippen molar-refractivity contribution in [3.05, 3.63) is 35.4 Å². The van der Waals surface area contributed by atoms with E-state index < -0.39 is 0 Å². The van der Waals surface area contributed by atoms with Gasteiger partial charge in [-0.1, -0.05) is 6.08 Å². The van der Waals surface area contributed by atoms with E-state index in [1.807, 2.05) is 18.2 Å². The second-order valence-electron chi connectivity index (χ2n) is 4.91. The molecule has 1 spiro atoms. The first-order chi connectivity index (χ1) is 9.24. The smallest absolute Gasteiger partial charge is 0.161 e. The first-order valence-corrected chi connectivity index (χ1v) is 6.37. The number of fused-ring (bicyclic) bond motifs is 1. The third-order valence-corrected chi connectivity index (χ3v) is 3.65. The molecule has 2 unspecified atom stereocenters. The number of benzene rings is 1. The van der Waals surface area contributed by atoms with Crippen molar-refractivity contribution in [2.45, 2.75) is 24.7 Å². The molecule has 0 aliphatic carbocycles. The van der Waals surface area contributed by atoms with E-state index in [2.05, 4.69) is 6.08 Å². The number of methoxy groups -OCH3 is 1. The van der Waals surface area contributed by atoms with E-state index in [0.29, 0.717) is 18.6 Å². The Morgan fingerprint density at radius 1 is 1.47 bits per heavy atom. The van der Waals surface area contributed by atoms with Crippen LogP contribution in [0.1, 0.15) is 28.8 Å². The highest BCUT2D eigenvalue weighted by Crippen LogP contribution is 2.38. The van der Waals surface area contributed by atoms with Crippen molar-refractivity contribution in [1.82, 2.24) is 0 Å². The first kappa shape index (κ1) is 12.4. The Labute approximate surface area is 112 Å². The van der Waals surface area contributed by atoms with E-state index in [-0.39, 0.29) is 11.9 Å². The molecule has 2 heterocycles. The van der Waals surface area contributed by atoms with E-state index in [9.17, 15) is 4.79 Å². The fourth-order valence-electron chi connectivity index (χ4n) is 2.56. The van der Waals surface area contributed by atoms with Crippen molar-refractivity contribution >= 4 is 12.4 Å². The molecule has 0 N–H and O–H groups in total. The van der Waals surface area contributed by atoms with Crippen LogP contribution in [0.2, 0.25) is 0 Å². The third kappa shape index (κ3) is 2.29. The lowest BCUT2D eigenvalue weighted by Gasteiger charge is -2.40. The quantitative estimate of drug-likeness (QED) is 0.766. The molecule has 1 aromatic rings. The van der Waals surface area contributed by atoms with E-state index in [0.717, 1.165) is 24.0 Å². The van der Waals surface area contributed by atoms with Crippen LogP contribution in [-0.2, 0) is 9.47 Å². The lowest BCUT2D eigenvalue weighted by atomic mass is 9.89. The number of rotatable bonds is 2.